The maximum absolute atomic E-state index is 3.88. The number of benzene rings is 4. The van der Waals surface area contributed by atoms with E-state index in [-0.39, 0.29) is 35.6 Å². The van der Waals surface area contributed by atoms with E-state index in [2.05, 4.69) is 166 Å². The van der Waals surface area contributed by atoms with Crippen LogP contribution in [0.15, 0.2) is 97.1 Å². The molecule has 0 radical (unpaired) electrons. The fraction of sp³-hybridized carbons (Fsp3) is 0.383. The van der Waals surface area contributed by atoms with Gasteiger partial charge >= 0.3 is 79.8 Å². The molecule has 0 unspecified atom stereocenters. The van der Waals surface area contributed by atoms with Gasteiger partial charge in [-0.1, -0.05) is 131 Å². The molecule has 3 heteroatoms. The predicted octanol–water partition coefficient (Wildman–Crippen LogP) is 7.10. The molecule has 2 aliphatic carbocycles. The number of fused-ring (bicyclic) bond motifs is 3. The third-order valence-corrected chi connectivity index (χ3v) is 9.72. The Morgan fingerprint density at radius 2 is 1.20 bits per heavy atom. The SMILES string of the molecule is CC(C)(C)c1cc2c([c-]c1-c1ccccc1)Cc1cc(-c3ccccc3)c(C(C)(C)C)cc1-2.CC(C)C[C](=[Zr+2])CC(C)C.[C-]1=CC=CC1.[Cl-].[Cl-]. The third kappa shape index (κ3) is 12.1. The number of hydrogen-bond donors (Lipinski definition) is 0. The Kier molecular flexibility index (Phi) is 17.1. The Labute approximate surface area is 332 Å². The fourth-order valence-electron chi connectivity index (χ4n) is 6.51. The minimum Gasteiger partial charge on any atom is -1.00 e. The quantitative estimate of drug-likeness (QED) is 0.162. The van der Waals surface area contributed by atoms with Gasteiger partial charge < -0.3 is 24.8 Å². The molecule has 0 fully saturated rings. The van der Waals surface area contributed by atoms with Gasteiger partial charge in [0.2, 0.25) is 0 Å². The van der Waals surface area contributed by atoms with E-state index in [1.165, 1.54) is 68.5 Å². The fourth-order valence-corrected chi connectivity index (χ4v) is 8.52. The van der Waals surface area contributed by atoms with E-state index < -0.39 is 0 Å². The second-order valence-corrected chi connectivity index (χ2v) is 18.0. The third-order valence-electron chi connectivity index (χ3n) is 8.72. The van der Waals surface area contributed by atoms with Gasteiger partial charge in [-0.2, -0.15) is 6.08 Å². The van der Waals surface area contributed by atoms with Crippen LogP contribution in [0.5, 0.6) is 0 Å². The second kappa shape index (κ2) is 19.5. The number of allylic oxidation sites excluding steroid dienone is 4. The molecule has 0 saturated carbocycles. The molecule has 50 heavy (non-hydrogen) atoms. The van der Waals surface area contributed by atoms with Crippen molar-refractivity contribution in [1.29, 1.82) is 0 Å². The smallest absolute Gasteiger partial charge is 0.109 e. The average Bonchev–Trinajstić information content (AvgIpc) is 3.71. The monoisotopic (exact) mass is 780 g/mol. The van der Waals surface area contributed by atoms with Gasteiger partial charge in [0.1, 0.15) is 0 Å². The summed E-state index contributed by atoms with van der Waals surface area (Å²) in [6, 6.07) is 32.8. The van der Waals surface area contributed by atoms with E-state index in [0.29, 0.717) is 0 Å². The van der Waals surface area contributed by atoms with Crippen LogP contribution in [0.3, 0.4) is 0 Å². The molecule has 0 N–H and O–H groups in total. The first-order valence-electron chi connectivity index (χ1n) is 17.8. The second-order valence-electron chi connectivity index (χ2n) is 16.2. The molecule has 2 aliphatic rings. The molecule has 0 heterocycles. The molecule has 4 aromatic carbocycles. The van der Waals surface area contributed by atoms with Gasteiger partial charge in [0.15, 0.2) is 0 Å². The normalized spacial score (nSPS) is 12.6. The van der Waals surface area contributed by atoms with Crippen molar-refractivity contribution >= 4 is 3.21 Å². The van der Waals surface area contributed by atoms with Crippen LogP contribution in [0.4, 0.5) is 0 Å². The summed E-state index contributed by atoms with van der Waals surface area (Å²) in [5, 5.41) is 0. The number of rotatable bonds is 6. The Hall–Kier alpha value is -2.31. The van der Waals surface area contributed by atoms with Gasteiger partial charge in [-0.25, -0.2) is 12.2 Å². The van der Waals surface area contributed by atoms with Crippen LogP contribution in [0.2, 0.25) is 0 Å². The van der Waals surface area contributed by atoms with Crippen LogP contribution in [0.1, 0.15) is 111 Å². The molecular formula is C47H56Cl2Zr-2. The minimum absolute atomic E-state index is 0. The van der Waals surface area contributed by atoms with Crippen LogP contribution in [0, 0.1) is 24.0 Å². The van der Waals surface area contributed by atoms with Gasteiger partial charge in [-0.05, 0) is 39.5 Å². The maximum Gasteiger partial charge on any atom is -0.109 e. The molecule has 0 nitrogen and oxygen atoms in total. The maximum atomic E-state index is 3.88. The molecule has 6 rings (SSSR count). The van der Waals surface area contributed by atoms with Crippen LogP contribution < -0.4 is 24.8 Å². The summed E-state index contributed by atoms with van der Waals surface area (Å²) < 4.78 is 1.75. The largest absolute Gasteiger partial charge is 1.00 e. The predicted molar refractivity (Wildman–Crippen MR) is 207 cm³/mol. The molecule has 4 aromatic rings. The van der Waals surface area contributed by atoms with Crippen molar-refractivity contribution in [3.05, 3.63) is 131 Å². The van der Waals surface area contributed by atoms with E-state index in [4.69, 9.17) is 0 Å². The minimum atomic E-state index is 0. The molecule has 0 saturated heterocycles. The van der Waals surface area contributed by atoms with Gasteiger partial charge in [0.25, 0.3) is 0 Å². The van der Waals surface area contributed by atoms with Gasteiger partial charge in [-0.3, -0.25) is 6.08 Å². The Morgan fingerprint density at radius 1 is 0.680 bits per heavy atom. The first-order chi connectivity index (χ1) is 22.6. The summed E-state index contributed by atoms with van der Waals surface area (Å²) in [5.41, 5.74) is 13.5. The van der Waals surface area contributed by atoms with E-state index in [9.17, 15) is 0 Å². The number of hydrogen-bond acceptors (Lipinski definition) is 0. The first kappa shape index (κ1) is 43.9. The van der Waals surface area contributed by atoms with Crippen molar-refractivity contribution in [3.63, 3.8) is 0 Å². The standard InChI is InChI=1S/C33H33.C9H18.C5H5.2ClH.Zr/c1-32(2,3)30-20-26-24(18-28(30)22-13-9-7-10-14-22)17-25-19-29(23-15-11-8-12-16-23)31(21-27(25)26)33(4,5)6;1-8(2)6-5-7-9(3)4;1-2-4-5-3-1;;;/h7-16,18,20-21H,17H2,1-6H3;8-9H,6-7H2,1-4H3;1-3H,4H2;2*1H;/q-1;;-1;;;+2/p-2. The molecule has 0 amide bonds. The zero-order valence-electron chi connectivity index (χ0n) is 32.0. The van der Waals surface area contributed by atoms with Crippen LogP contribution >= 0.6 is 0 Å². The summed E-state index contributed by atoms with van der Waals surface area (Å²) in [6.07, 6.45) is 13.6. The summed E-state index contributed by atoms with van der Waals surface area (Å²) in [7, 11) is 0. The Balaban J connectivity index is 0.000000427. The van der Waals surface area contributed by atoms with Crippen molar-refractivity contribution in [3.8, 4) is 33.4 Å². The van der Waals surface area contributed by atoms with Crippen LogP contribution in [-0.2, 0) is 41.5 Å². The summed E-state index contributed by atoms with van der Waals surface area (Å²) >= 11 is 1.65. The molecule has 0 spiro atoms. The molecule has 0 aromatic heterocycles. The average molecular weight is 783 g/mol. The first-order valence-corrected chi connectivity index (χ1v) is 19.0. The molecule has 264 valence electrons. The summed E-state index contributed by atoms with van der Waals surface area (Å²) in [6.45, 7) is 23.1. The van der Waals surface area contributed by atoms with Crippen LogP contribution in [-0.4, -0.2) is 3.21 Å². The molecule has 0 atom stereocenters. The van der Waals surface area contributed by atoms with Crippen molar-refractivity contribution in [2.45, 2.75) is 106 Å². The Morgan fingerprint density at radius 3 is 1.64 bits per heavy atom. The Bertz CT molecular complexity index is 1600. The van der Waals surface area contributed by atoms with E-state index in [0.717, 1.165) is 24.7 Å². The zero-order valence-corrected chi connectivity index (χ0v) is 35.9. The molecule has 0 bridgehead atoms. The van der Waals surface area contributed by atoms with Crippen molar-refractivity contribution in [2.75, 3.05) is 0 Å². The van der Waals surface area contributed by atoms with Crippen molar-refractivity contribution < 1.29 is 49.0 Å². The van der Waals surface area contributed by atoms with Crippen molar-refractivity contribution in [1.82, 2.24) is 0 Å². The molecule has 0 aliphatic heterocycles. The zero-order chi connectivity index (χ0) is 35.1. The van der Waals surface area contributed by atoms with E-state index in [1.807, 2.05) is 12.2 Å². The van der Waals surface area contributed by atoms with Gasteiger partial charge in [0.05, 0.1) is 0 Å². The van der Waals surface area contributed by atoms with E-state index >= 15 is 0 Å². The number of halogens is 2. The molecular weight excluding hydrogens is 727 g/mol. The summed E-state index contributed by atoms with van der Waals surface area (Å²) in [5.74, 6) is 1.71. The topological polar surface area (TPSA) is 0 Å². The van der Waals surface area contributed by atoms with Crippen molar-refractivity contribution in [2.24, 2.45) is 11.8 Å². The van der Waals surface area contributed by atoms with Crippen LogP contribution in [0.25, 0.3) is 33.4 Å². The van der Waals surface area contributed by atoms with Gasteiger partial charge in [-0.15, -0.1) is 35.2 Å². The van der Waals surface area contributed by atoms with Gasteiger partial charge in [0, 0.05) is 0 Å². The van der Waals surface area contributed by atoms with E-state index in [1.54, 1.807) is 27.4 Å². The summed E-state index contributed by atoms with van der Waals surface area (Å²) in [4.78, 5) is 0.